The molecule has 142 valence electrons. The average Bonchev–Trinajstić information content (AvgIpc) is 3.27. The Morgan fingerprint density at radius 2 is 1.81 bits per heavy atom. The fraction of sp³-hybridized carbons (Fsp3) is 0.684. The summed E-state index contributed by atoms with van der Waals surface area (Å²) in [5.74, 6) is 2.23. The number of fused-ring (bicyclic) bond motifs is 3. The number of piperidine rings is 3. The third kappa shape index (κ3) is 2.33. The maximum absolute atomic E-state index is 13.1. The van der Waals surface area contributed by atoms with E-state index in [1.807, 2.05) is 10.4 Å². The third-order valence-corrected chi connectivity index (χ3v) is 8.94. The minimum Gasteiger partial charge on any atom is -0.454 e. The van der Waals surface area contributed by atoms with Gasteiger partial charge in [0.05, 0.1) is 5.25 Å². The summed E-state index contributed by atoms with van der Waals surface area (Å²) in [6, 6.07) is 6.49. The first-order valence-electron chi connectivity index (χ1n) is 9.61. The molecule has 7 heteroatoms. The number of sulfonamides is 1. The smallest absolute Gasteiger partial charge is 0.231 e. The molecule has 2 bridgehead atoms. The zero-order valence-electron chi connectivity index (χ0n) is 15.3. The zero-order valence-corrected chi connectivity index (χ0v) is 16.1. The lowest BCUT2D eigenvalue weighted by atomic mass is 9.75. The normalized spacial score (nSPS) is 35.9. The maximum atomic E-state index is 13.1. The molecule has 4 saturated heterocycles. The fourth-order valence-electron chi connectivity index (χ4n) is 5.37. The molecule has 1 aromatic rings. The van der Waals surface area contributed by atoms with Gasteiger partial charge in [0.2, 0.25) is 16.8 Å². The number of nitrogens with zero attached hydrogens (tertiary/aromatic N) is 2. The quantitative estimate of drug-likeness (QED) is 0.805. The molecule has 6 nitrogen and oxygen atoms in total. The highest BCUT2D eigenvalue weighted by atomic mass is 32.2. The fourth-order valence-corrected chi connectivity index (χ4v) is 6.91. The van der Waals surface area contributed by atoms with Crippen molar-refractivity contribution in [2.75, 3.05) is 26.4 Å². The molecule has 0 aliphatic carbocycles. The van der Waals surface area contributed by atoms with Crippen LogP contribution in [0.4, 0.5) is 0 Å². The molecule has 0 saturated carbocycles. The average molecular weight is 378 g/mol. The lowest BCUT2D eigenvalue weighted by Gasteiger charge is -2.51. The van der Waals surface area contributed by atoms with Crippen molar-refractivity contribution >= 4 is 10.0 Å². The zero-order chi connectivity index (χ0) is 18.1. The Kier molecular flexibility index (Phi) is 3.78. The molecule has 0 aromatic heterocycles. The van der Waals surface area contributed by atoms with Crippen LogP contribution < -0.4 is 9.47 Å². The summed E-state index contributed by atoms with van der Waals surface area (Å²) in [7, 11) is -3.27. The predicted octanol–water partition coefficient (Wildman–Crippen LogP) is 2.02. The van der Waals surface area contributed by atoms with Crippen molar-refractivity contribution in [2.45, 2.75) is 49.9 Å². The molecule has 0 unspecified atom stereocenters. The number of ether oxygens (including phenoxy) is 2. The lowest BCUT2D eigenvalue weighted by Crippen LogP contribution is -2.61. The molecule has 26 heavy (non-hydrogen) atoms. The summed E-state index contributed by atoms with van der Waals surface area (Å²) in [4.78, 5) is 2.52. The van der Waals surface area contributed by atoms with Crippen LogP contribution >= 0.6 is 0 Å². The molecule has 0 radical (unpaired) electrons. The van der Waals surface area contributed by atoms with Crippen LogP contribution in [-0.2, 0) is 10.0 Å². The van der Waals surface area contributed by atoms with Crippen molar-refractivity contribution in [2.24, 2.45) is 5.92 Å². The van der Waals surface area contributed by atoms with Crippen LogP contribution in [0.25, 0.3) is 0 Å². The Balaban J connectivity index is 1.56. The van der Waals surface area contributed by atoms with Crippen molar-refractivity contribution in [3.05, 3.63) is 23.8 Å². The molecule has 3 atom stereocenters. The molecule has 6 rings (SSSR count). The van der Waals surface area contributed by atoms with Gasteiger partial charge < -0.3 is 9.47 Å². The van der Waals surface area contributed by atoms with Gasteiger partial charge in [0, 0.05) is 24.5 Å². The molecule has 5 aliphatic heterocycles. The van der Waals surface area contributed by atoms with E-state index >= 15 is 0 Å². The number of hydrogen-bond acceptors (Lipinski definition) is 5. The topological polar surface area (TPSA) is 59.1 Å². The van der Waals surface area contributed by atoms with E-state index in [0.29, 0.717) is 12.5 Å². The van der Waals surface area contributed by atoms with Crippen molar-refractivity contribution in [3.63, 3.8) is 0 Å². The first-order chi connectivity index (χ1) is 12.5. The summed E-state index contributed by atoms with van der Waals surface area (Å²) >= 11 is 0. The lowest BCUT2D eigenvalue weighted by molar-refractivity contribution is 0.0121. The molecule has 1 aromatic carbocycles. The van der Waals surface area contributed by atoms with E-state index in [9.17, 15) is 8.42 Å². The summed E-state index contributed by atoms with van der Waals surface area (Å²) in [6.07, 6.45) is 2.22. The van der Waals surface area contributed by atoms with Crippen molar-refractivity contribution in [1.29, 1.82) is 0 Å². The van der Waals surface area contributed by atoms with E-state index in [2.05, 4.69) is 17.0 Å². The van der Waals surface area contributed by atoms with Gasteiger partial charge in [-0.15, -0.1) is 0 Å². The van der Waals surface area contributed by atoms with Crippen molar-refractivity contribution in [1.82, 2.24) is 9.21 Å². The summed E-state index contributed by atoms with van der Waals surface area (Å²) in [5.41, 5.74) is 1.17. The molecule has 5 aliphatic rings. The Morgan fingerprint density at radius 3 is 2.54 bits per heavy atom. The summed E-state index contributed by atoms with van der Waals surface area (Å²) in [5, 5.41) is -0.380. The second-order valence-corrected chi connectivity index (χ2v) is 10.7. The molecule has 0 amide bonds. The van der Waals surface area contributed by atoms with Gasteiger partial charge in [-0.1, -0.05) is 6.07 Å². The monoisotopic (exact) mass is 378 g/mol. The van der Waals surface area contributed by atoms with E-state index in [1.54, 1.807) is 13.8 Å². The summed E-state index contributed by atoms with van der Waals surface area (Å²) in [6.45, 7) is 6.59. The van der Waals surface area contributed by atoms with E-state index in [4.69, 9.17) is 9.47 Å². The van der Waals surface area contributed by atoms with Crippen LogP contribution in [-0.4, -0.2) is 61.4 Å². The Hall–Kier alpha value is -1.31. The Morgan fingerprint density at radius 1 is 1.08 bits per heavy atom. The highest BCUT2D eigenvalue weighted by Crippen LogP contribution is 2.49. The van der Waals surface area contributed by atoms with Gasteiger partial charge in [-0.2, -0.15) is 4.31 Å². The Bertz CT molecular complexity index is 817. The van der Waals surface area contributed by atoms with Crippen LogP contribution in [0.15, 0.2) is 18.2 Å². The highest BCUT2D eigenvalue weighted by molar-refractivity contribution is 7.89. The number of hydrogen-bond donors (Lipinski definition) is 0. The minimum atomic E-state index is -3.27. The summed E-state index contributed by atoms with van der Waals surface area (Å²) < 4.78 is 39.0. The predicted molar refractivity (Wildman–Crippen MR) is 97.9 cm³/mol. The maximum Gasteiger partial charge on any atom is 0.231 e. The van der Waals surface area contributed by atoms with Gasteiger partial charge in [0.1, 0.15) is 0 Å². The minimum absolute atomic E-state index is 0.111. The largest absolute Gasteiger partial charge is 0.454 e. The van der Waals surface area contributed by atoms with Crippen LogP contribution in [0.5, 0.6) is 11.5 Å². The highest BCUT2D eigenvalue weighted by Gasteiger charge is 2.56. The SMILES string of the molecule is CC(C)S(=O)(=O)N1C[C@H](c2ccc3c(c2)OCO3)[C@H]2[C@@H]1C1CCN2CC1. The second kappa shape index (κ2) is 5.84. The Labute approximate surface area is 155 Å². The van der Waals surface area contributed by atoms with Gasteiger partial charge in [0.25, 0.3) is 0 Å². The molecule has 0 N–H and O–H groups in total. The van der Waals surface area contributed by atoms with Gasteiger partial charge in [-0.3, -0.25) is 4.90 Å². The van der Waals surface area contributed by atoms with Crippen LogP contribution in [0.2, 0.25) is 0 Å². The second-order valence-electron chi connectivity index (χ2n) is 8.24. The third-order valence-electron chi connectivity index (χ3n) is 6.70. The number of benzene rings is 1. The van der Waals surface area contributed by atoms with Crippen molar-refractivity contribution in [3.8, 4) is 11.5 Å². The van der Waals surface area contributed by atoms with Gasteiger partial charge in [-0.05, 0) is 63.4 Å². The van der Waals surface area contributed by atoms with E-state index in [-0.39, 0.29) is 30.0 Å². The van der Waals surface area contributed by atoms with Crippen LogP contribution in [0.3, 0.4) is 0 Å². The molecule has 4 fully saturated rings. The standard InChI is InChI=1S/C19H26N2O4S/c1-12(2)26(22,23)21-10-15(14-3-4-16-17(9-14)25-11-24-16)19-18(21)13-5-7-20(19)8-6-13/h3-4,9,12-13,15,18-19H,5-8,10-11H2,1-2H3/t15-,18+,19+/m1/s1. The van der Waals surface area contributed by atoms with E-state index < -0.39 is 10.0 Å². The molecule has 5 heterocycles. The van der Waals surface area contributed by atoms with E-state index in [1.165, 1.54) is 5.56 Å². The molecule has 0 spiro atoms. The van der Waals surface area contributed by atoms with Crippen molar-refractivity contribution < 1.29 is 17.9 Å². The van der Waals surface area contributed by atoms with Gasteiger partial charge >= 0.3 is 0 Å². The first kappa shape index (κ1) is 16.8. The van der Waals surface area contributed by atoms with Gasteiger partial charge in [-0.25, -0.2) is 8.42 Å². The first-order valence-corrected chi connectivity index (χ1v) is 11.1. The van der Waals surface area contributed by atoms with E-state index in [0.717, 1.165) is 37.4 Å². The number of rotatable bonds is 3. The van der Waals surface area contributed by atoms with Crippen LogP contribution in [0, 0.1) is 5.92 Å². The van der Waals surface area contributed by atoms with Crippen LogP contribution in [0.1, 0.15) is 38.2 Å². The molecular formula is C19H26N2O4S. The van der Waals surface area contributed by atoms with Gasteiger partial charge in [0.15, 0.2) is 11.5 Å². The molecular weight excluding hydrogens is 352 g/mol.